The molecular formula is C12H9F3N2O3. The Hall–Kier alpha value is -2.51. The molecule has 0 aliphatic heterocycles. The Morgan fingerprint density at radius 2 is 2.05 bits per heavy atom. The maximum Gasteiger partial charge on any atom is 0.573 e. The molecule has 0 aliphatic carbocycles. The molecule has 0 saturated heterocycles. The van der Waals surface area contributed by atoms with Crippen LogP contribution in [0.2, 0.25) is 0 Å². The van der Waals surface area contributed by atoms with Crippen LogP contribution >= 0.6 is 0 Å². The monoisotopic (exact) mass is 286 g/mol. The fraction of sp³-hybridized carbons (Fsp3) is 0.167. The Kier molecular flexibility index (Phi) is 3.64. The summed E-state index contributed by atoms with van der Waals surface area (Å²) in [6.45, 7) is 1.61. The van der Waals surface area contributed by atoms with Gasteiger partial charge in [0.1, 0.15) is 0 Å². The highest BCUT2D eigenvalue weighted by Gasteiger charge is 2.32. The molecule has 1 N–H and O–H groups in total. The summed E-state index contributed by atoms with van der Waals surface area (Å²) >= 11 is 0. The molecule has 0 spiro atoms. The average Bonchev–Trinajstić information content (AvgIpc) is 2.77. The minimum absolute atomic E-state index is 0.107. The first-order valence-electron chi connectivity index (χ1n) is 5.44. The zero-order valence-electron chi connectivity index (χ0n) is 10.2. The Labute approximate surface area is 111 Å². The second-order valence-electron chi connectivity index (χ2n) is 3.83. The van der Waals surface area contributed by atoms with Gasteiger partial charge in [-0.15, -0.1) is 13.2 Å². The van der Waals surface area contributed by atoms with Crippen LogP contribution in [0.1, 0.15) is 16.2 Å². The maximum atomic E-state index is 12.2. The molecule has 1 aromatic carbocycles. The van der Waals surface area contributed by atoms with Crippen molar-refractivity contribution < 1.29 is 27.2 Å². The summed E-state index contributed by atoms with van der Waals surface area (Å²) in [5, 5.41) is 5.78. The summed E-state index contributed by atoms with van der Waals surface area (Å²) in [7, 11) is 0. The van der Waals surface area contributed by atoms with Crippen molar-refractivity contribution in [3.8, 4) is 5.75 Å². The standard InChI is InChI=1S/C12H9F3N2O3/c1-7-6-10(20-17-7)11(18)16-8-4-2-3-5-9(8)19-12(13,14)15/h2-6H,1H3,(H,16,18). The maximum absolute atomic E-state index is 12.2. The van der Waals surface area contributed by atoms with Crippen molar-refractivity contribution in [2.24, 2.45) is 0 Å². The van der Waals surface area contributed by atoms with Crippen LogP contribution in [-0.2, 0) is 0 Å². The Morgan fingerprint density at radius 1 is 1.35 bits per heavy atom. The van der Waals surface area contributed by atoms with Gasteiger partial charge in [0.15, 0.2) is 5.75 Å². The molecule has 0 aliphatic rings. The van der Waals surface area contributed by atoms with Crippen LogP contribution in [0, 0.1) is 6.92 Å². The molecule has 2 rings (SSSR count). The van der Waals surface area contributed by atoms with Crippen LogP contribution in [0.4, 0.5) is 18.9 Å². The zero-order chi connectivity index (χ0) is 14.8. The van der Waals surface area contributed by atoms with Gasteiger partial charge in [-0.3, -0.25) is 4.79 Å². The predicted molar refractivity (Wildman–Crippen MR) is 62.3 cm³/mol. The highest BCUT2D eigenvalue weighted by molar-refractivity contribution is 6.03. The number of halogens is 3. The molecule has 2 aromatic rings. The van der Waals surface area contributed by atoms with Gasteiger partial charge in [-0.25, -0.2) is 0 Å². The van der Waals surface area contributed by atoms with Crippen molar-refractivity contribution in [2.75, 3.05) is 5.32 Å². The van der Waals surface area contributed by atoms with Crippen molar-refractivity contribution in [3.05, 3.63) is 41.8 Å². The van der Waals surface area contributed by atoms with Gasteiger partial charge in [-0.2, -0.15) is 0 Å². The van der Waals surface area contributed by atoms with E-state index in [1.165, 1.54) is 24.3 Å². The van der Waals surface area contributed by atoms with Gasteiger partial charge in [0.2, 0.25) is 5.76 Å². The average molecular weight is 286 g/mol. The van der Waals surface area contributed by atoms with E-state index in [-0.39, 0.29) is 11.4 Å². The van der Waals surface area contributed by atoms with Crippen molar-refractivity contribution in [2.45, 2.75) is 13.3 Å². The lowest BCUT2D eigenvalue weighted by Crippen LogP contribution is -2.19. The Bertz CT molecular complexity index is 622. The van der Waals surface area contributed by atoms with Crippen molar-refractivity contribution in [3.63, 3.8) is 0 Å². The molecule has 20 heavy (non-hydrogen) atoms. The minimum Gasteiger partial charge on any atom is -0.404 e. The van der Waals surface area contributed by atoms with Gasteiger partial charge < -0.3 is 14.6 Å². The second kappa shape index (κ2) is 5.24. The van der Waals surface area contributed by atoms with E-state index in [2.05, 4.69) is 15.2 Å². The topological polar surface area (TPSA) is 64.4 Å². The number of carbonyl (C=O) groups is 1. The highest BCUT2D eigenvalue weighted by Crippen LogP contribution is 2.30. The molecule has 8 heteroatoms. The molecule has 0 atom stereocenters. The number of nitrogens with one attached hydrogen (secondary N) is 1. The van der Waals surface area contributed by atoms with Crippen LogP contribution in [0.3, 0.4) is 0 Å². The largest absolute Gasteiger partial charge is 0.573 e. The van der Waals surface area contributed by atoms with Crippen molar-refractivity contribution in [1.29, 1.82) is 0 Å². The SMILES string of the molecule is Cc1cc(C(=O)Nc2ccccc2OC(F)(F)F)on1. The van der Waals surface area contributed by atoms with E-state index in [0.29, 0.717) is 5.69 Å². The number of alkyl halides is 3. The van der Waals surface area contributed by atoms with E-state index < -0.39 is 18.0 Å². The van der Waals surface area contributed by atoms with Gasteiger partial charge >= 0.3 is 6.36 Å². The molecule has 0 unspecified atom stereocenters. The third-order valence-electron chi connectivity index (χ3n) is 2.21. The number of aromatic nitrogens is 1. The molecule has 0 saturated carbocycles. The van der Waals surface area contributed by atoms with Gasteiger partial charge in [0, 0.05) is 6.07 Å². The molecule has 0 bridgehead atoms. The minimum atomic E-state index is -4.84. The van der Waals surface area contributed by atoms with E-state index >= 15 is 0 Å². The van der Waals surface area contributed by atoms with E-state index in [1.807, 2.05) is 0 Å². The lowest BCUT2D eigenvalue weighted by molar-refractivity contribution is -0.274. The van der Waals surface area contributed by atoms with E-state index in [4.69, 9.17) is 4.52 Å². The fourth-order valence-corrected chi connectivity index (χ4v) is 1.44. The zero-order valence-corrected chi connectivity index (χ0v) is 10.2. The second-order valence-corrected chi connectivity index (χ2v) is 3.83. The molecular weight excluding hydrogens is 277 g/mol. The molecule has 1 amide bonds. The third-order valence-corrected chi connectivity index (χ3v) is 2.21. The number of aryl methyl sites for hydroxylation is 1. The number of ether oxygens (including phenoxy) is 1. The number of nitrogens with zero attached hydrogens (tertiary/aromatic N) is 1. The number of para-hydroxylation sites is 2. The van der Waals surface area contributed by atoms with Crippen LogP contribution < -0.4 is 10.1 Å². The smallest absolute Gasteiger partial charge is 0.404 e. The van der Waals surface area contributed by atoms with E-state index in [9.17, 15) is 18.0 Å². The van der Waals surface area contributed by atoms with Crippen molar-refractivity contribution >= 4 is 11.6 Å². The highest BCUT2D eigenvalue weighted by atomic mass is 19.4. The number of carbonyl (C=O) groups excluding carboxylic acids is 1. The lowest BCUT2D eigenvalue weighted by atomic mass is 10.3. The van der Waals surface area contributed by atoms with Crippen LogP contribution in [0.5, 0.6) is 5.75 Å². The molecule has 5 nitrogen and oxygen atoms in total. The normalized spacial score (nSPS) is 11.2. The summed E-state index contributed by atoms with van der Waals surface area (Å²) in [5.74, 6) is -1.34. The third kappa shape index (κ3) is 3.50. The number of amides is 1. The van der Waals surface area contributed by atoms with Crippen molar-refractivity contribution in [1.82, 2.24) is 5.16 Å². The molecule has 0 radical (unpaired) electrons. The predicted octanol–water partition coefficient (Wildman–Crippen LogP) is 3.13. The quantitative estimate of drug-likeness (QED) is 0.941. The summed E-state index contributed by atoms with van der Waals surface area (Å²) < 4.78 is 45.2. The Morgan fingerprint density at radius 3 is 2.65 bits per heavy atom. The van der Waals surface area contributed by atoms with Gasteiger partial charge in [-0.05, 0) is 19.1 Å². The molecule has 106 valence electrons. The van der Waals surface area contributed by atoms with Gasteiger partial charge in [-0.1, -0.05) is 17.3 Å². The molecule has 1 heterocycles. The summed E-state index contributed by atoms with van der Waals surface area (Å²) in [6.07, 6.45) is -4.84. The summed E-state index contributed by atoms with van der Waals surface area (Å²) in [6, 6.07) is 6.55. The molecule has 1 aromatic heterocycles. The molecule has 0 fully saturated rings. The first-order valence-corrected chi connectivity index (χ1v) is 5.44. The summed E-state index contributed by atoms with van der Waals surface area (Å²) in [5.41, 5.74) is 0.360. The number of anilines is 1. The van der Waals surface area contributed by atoms with E-state index in [1.54, 1.807) is 6.92 Å². The number of rotatable bonds is 3. The van der Waals surface area contributed by atoms with Crippen LogP contribution in [0.15, 0.2) is 34.9 Å². The fourth-order valence-electron chi connectivity index (χ4n) is 1.44. The summed E-state index contributed by atoms with van der Waals surface area (Å²) in [4.78, 5) is 11.8. The number of hydrogen-bond acceptors (Lipinski definition) is 4. The first-order chi connectivity index (χ1) is 9.35. The number of hydrogen-bond donors (Lipinski definition) is 1. The first kappa shape index (κ1) is 13.9. The van der Waals surface area contributed by atoms with Gasteiger partial charge in [0.25, 0.3) is 5.91 Å². The van der Waals surface area contributed by atoms with Crippen LogP contribution in [-0.4, -0.2) is 17.4 Å². The van der Waals surface area contributed by atoms with Gasteiger partial charge in [0.05, 0.1) is 11.4 Å². The Balaban J connectivity index is 2.19. The number of benzene rings is 1. The lowest BCUT2D eigenvalue weighted by Gasteiger charge is -2.13. The van der Waals surface area contributed by atoms with Crippen LogP contribution in [0.25, 0.3) is 0 Å². The van der Waals surface area contributed by atoms with E-state index in [0.717, 1.165) is 6.07 Å².